The van der Waals surface area contributed by atoms with E-state index in [1.54, 1.807) is 11.8 Å². The van der Waals surface area contributed by atoms with Crippen LogP contribution in [0.4, 0.5) is 0 Å². The summed E-state index contributed by atoms with van der Waals surface area (Å²) in [5.74, 6) is 1.69. The van der Waals surface area contributed by atoms with Gasteiger partial charge < -0.3 is 5.32 Å². The van der Waals surface area contributed by atoms with Crippen molar-refractivity contribution in [2.75, 3.05) is 18.8 Å². The minimum absolute atomic E-state index is 0.635. The Balaban J connectivity index is 1.95. The van der Waals surface area contributed by atoms with E-state index in [9.17, 15) is 0 Å². The van der Waals surface area contributed by atoms with Gasteiger partial charge in [0.15, 0.2) is 10.8 Å². The second kappa shape index (κ2) is 6.02. The van der Waals surface area contributed by atoms with Crippen LogP contribution in [0.1, 0.15) is 13.8 Å². The highest BCUT2D eigenvalue weighted by molar-refractivity contribution is 7.99. The molecular weight excluding hydrogens is 232 g/mol. The van der Waals surface area contributed by atoms with Gasteiger partial charge in [-0.2, -0.15) is 0 Å². The van der Waals surface area contributed by atoms with Crippen molar-refractivity contribution < 1.29 is 0 Å². The van der Waals surface area contributed by atoms with Crippen LogP contribution in [0.2, 0.25) is 0 Å². The van der Waals surface area contributed by atoms with Crippen LogP contribution in [0.3, 0.4) is 0 Å². The van der Waals surface area contributed by atoms with Gasteiger partial charge in [0, 0.05) is 11.9 Å². The molecule has 1 atom stereocenters. The zero-order valence-electron chi connectivity index (χ0n) is 10.3. The lowest BCUT2D eigenvalue weighted by atomic mass is 10.2. The average Bonchev–Trinajstić information content (AvgIpc) is 2.77. The molecule has 5 heteroatoms. The summed E-state index contributed by atoms with van der Waals surface area (Å²) in [5.41, 5.74) is 0.911. The maximum absolute atomic E-state index is 4.20. The maximum Gasteiger partial charge on any atom is 0.195 e. The number of fused-ring (bicyclic) bond motifs is 1. The summed E-state index contributed by atoms with van der Waals surface area (Å²) in [6.45, 7) is 6.47. The monoisotopic (exact) mass is 250 g/mol. The summed E-state index contributed by atoms with van der Waals surface area (Å²) in [6.07, 6.45) is 2.01. The van der Waals surface area contributed by atoms with Gasteiger partial charge in [-0.1, -0.05) is 31.7 Å². The molecule has 4 nitrogen and oxygen atoms in total. The molecule has 0 aliphatic rings. The molecule has 0 aromatic carbocycles. The Morgan fingerprint density at radius 3 is 3.12 bits per heavy atom. The van der Waals surface area contributed by atoms with Gasteiger partial charge in [-0.3, -0.25) is 4.40 Å². The molecule has 0 amide bonds. The van der Waals surface area contributed by atoms with Crippen LogP contribution in [-0.4, -0.2) is 33.4 Å². The molecule has 0 fully saturated rings. The van der Waals surface area contributed by atoms with Crippen LogP contribution in [0, 0.1) is 5.92 Å². The molecule has 2 rings (SSSR count). The Bertz CT molecular complexity index is 468. The predicted molar refractivity (Wildman–Crippen MR) is 71.4 cm³/mol. The third-order valence-electron chi connectivity index (χ3n) is 2.52. The van der Waals surface area contributed by atoms with Crippen LogP contribution in [0.25, 0.3) is 5.65 Å². The molecular formula is C12H18N4S. The number of aromatic nitrogens is 3. The number of rotatable bonds is 6. The highest BCUT2D eigenvalue weighted by Gasteiger charge is 2.07. The first-order valence-electron chi connectivity index (χ1n) is 5.94. The summed E-state index contributed by atoms with van der Waals surface area (Å²) in [7, 11) is 0. The molecule has 1 N–H and O–H groups in total. The van der Waals surface area contributed by atoms with E-state index in [0.29, 0.717) is 5.92 Å². The van der Waals surface area contributed by atoms with Gasteiger partial charge in [0.25, 0.3) is 0 Å². The third-order valence-corrected chi connectivity index (χ3v) is 3.79. The van der Waals surface area contributed by atoms with E-state index in [4.69, 9.17) is 0 Å². The topological polar surface area (TPSA) is 42.2 Å². The van der Waals surface area contributed by atoms with Gasteiger partial charge in [-0.25, -0.2) is 0 Å². The second-order valence-electron chi connectivity index (χ2n) is 4.14. The van der Waals surface area contributed by atoms with Crippen LogP contribution < -0.4 is 5.32 Å². The number of hydrogen-bond acceptors (Lipinski definition) is 4. The summed E-state index contributed by atoms with van der Waals surface area (Å²) in [5, 5.41) is 12.7. The molecule has 0 radical (unpaired) electrons. The minimum Gasteiger partial charge on any atom is -0.317 e. The van der Waals surface area contributed by atoms with Gasteiger partial charge in [-0.05, 0) is 31.1 Å². The SMILES string of the molecule is CCNCC(C)CSc1nnc2ccccn12. The molecule has 17 heavy (non-hydrogen) atoms. The molecule has 0 spiro atoms. The van der Waals surface area contributed by atoms with Crippen molar-refractivity contribution in [2.45, 2.75) is 19.0 Å². The molecule has 0 bridgehead atoms. The smallest absolute Gasteiger partial charge is 0.195 e. The molecule has 1 unspecified atom stereocenters. The molecule has 2 aromatic heterocycles. The fourth-order valence-electron chi connectivity index (χ4n) is 1.58. The van der Waals surface area contributed by atoms with E-state index in [2.05, 4.69) is 29.4 Å². The first kappa shape index (κ1) is 12.4. The van der Waals surface area contributed by atoms with Crippen molar-refractivity contribution >= 4 is 17.4 Å². The number of thioether (sulfide) groups is 1. The largest absolute Gasteiger partial charge is 0.317 e. The first-order valence-corrected chi connectivity index (χ1v) is 6.93. The number of pyridine rings is 1. The van der Waals surface area contributed by atoms with Crippen molar-refractivity contribution in [1.29, 1.82) is 0 Å². The molecule has 0 aliphatic carbocycles. The zero-order valence-corrected chi connectivity index (χ0v) is 11.1. The van der Waals surface area contributed by atoms with E-state index in [1.165, 1.54) is 0 Å². The second-order valence-corrected chi connectivity index (χ2v) is 5.12. The summed E-state index contributed by atoms with van der Waals surface area (Å²) < 4.78 is 2.03. The first-order chi connectivity index (χ1) is 8.31. The Kier molecular flexibility index (Phi) is 4.39. The van der Waals surface area contributed by atoms with Crippen molar-refractivity contribution in [2.24, 2.45) is 5.92 Å². The van der Waals surface area contributed by atoms with Gasteiger partial charge in [0.05, 0.1) is 0 Å². The lowest BCUT2D eigenvalue weighted by Gasteiger charge is -2.10. The quantitative estimate of drug-likeness (QED) is 0.797. The average molecular weight is 250 g/mol. The van der Waals surface area contributed by atoms with E-state index in [1.807, 2.05) is 28.8 Å². The normalized spacial score (nSPS) is 13.1. The predicted octanol–water partition coefficient (Wildman–Crippen LogP) is 2.07. The number of nitrogens with zero attached hydrogens (tertiary/aromatic N) is 3. The van der Waals surface area contributed by atoms with E-state index < -0.39 is 0 Å². The lowest BCUT2D eigenvalue weighted by molar-refractivity contribution is 0.573. The lowest BCUT2D eigenvalue weighted by Crippen LogP contribution is -2.21. The highest BCUT2D eigenvalue weighted by Crippen LogP contribution is 2.19. The molecule has 2 heterocycles. The Labute approximate surface area is 106 Å². The summed E-state index contributed by atoms with van der Waals surface area (Å²) in [6, 6.07) is 5.95. The highest BCUT2D eigenvalue weighted by atomic mass is 32.2. The Morgan fingerprint density at radius 2 is 2.29 bits per heavy atom. The Morgan fingerprint density at radius 1 is 1.41 bits per heavy atom. The van der Waals surface area contributed by atoms with Crippen LogP contribution in [-0.2, 0) is 0 Å². The fraction of sp³-hybridized carbons (Fsp3) is 0.500. The van der Waals surface area contributed by atoms with E-state index in [-0.39, 0.29) is 0 Å². The minimum atomic E-state index is 0.635. The molecule has 92 valence electrons. The van der Waals surface area contributed by atoms with Gasteiger partial charge in [-0.15, -0.1) is 10.2 Å². The molecule has 2 aromatic rings. The Hall–Kier alpha value is -1.07. The number of hydrogen-bond donors (Lipinski definition) is 1. The summed E-state index contributed by atoms with van der Waals surface area (Å²) >= 11 is 1.76. The van der Waals surface area contributed by atoms with Crippen molar-refractivity contribution in [3.63, 3.8) is 0 Å². The maximum atomic E-state index is 4.20. The van der Waals surface area contributed by atoms with Crippen LogP contribution in [0.15, 0.2) is 29.6 Å². The van der Waals surface area contributed by atoms with Crippen molar-refractivity contribution in [3.8, 4) is 0 Å². The van der Waals surface area contributed by atoms with Crippen molar-refractivity contribution in [3.05, 3.63) is 24.4 Å². The van der Waals surface area contributed by atoms with Crippen molar-refractivity contribution in [1.82, 2.24) is 19.9 Å². The third kappa shape index (κ3) is 3.20. The fourth-order valence-corrected chi connectivity index (χ4v) is 2.53. The van der Waals surface area contributed by atoms with E-state index >= 15 is 0 Å². The van der Waals surface area contributed by atoms with Crippen LogP contribution in [0.5, 0.6) is 0 Å². The van der Waals surface area contributed by atoms with Gasteiger partial charge in [0.2, 0.25) is 0 Å². The van der Waals surface area contributed by atoms with Crippen LogP contribution >= 0.6 is 11.8 Å². The van der Waals surface area contributed by atoms with Gasteiger partial charge in [0.1, 0.15) is 0 Å². The number of nitrogens with one attached hydrogen (secondary N) is 1. The zero-order chi connectivity index (χ0) is 12.1. The molecule has 0 saturated heterocycles. The van der Waals surface area contributed by atoms with Gasteiger partial charge >= 0.3 is 0 Å². The summed E-state index contributed by atoms with van der Waals surface area (Å²) in [4.78, 5) is 0. The van der Waals surface area contributed by atoms with E-state index in [0.717, 1.165) is 29.6 Å². The standard InChI is InChI=1S/C12H18N4S/c1-3-13-8-10(2)9-17-12-15-14-11-6-4-5-7-16(11)12/h4-7,10,13H,3,8-9H2,1-2H3. The molecule has 0 saturated carbocycles. The molecule has 0 aliphatic heterocycles.